The summed E-state index contributed by atoms with van der Waals surface area (Å²) >= 11 is 0. The lowest BCUT2D eigenvalue weighted by Gasteiger charge is -2.32. The van der Waals surface area contributed by atoms with Crippen LogP contribution in [0.5, 0.6) is 0 Å². The largest absolute Gasteiger partial charge is 0.307 e. The molecule has 0 fully saturated rings. The Morgan fingerprint density at radius 1 is 0.317 bits per heavy atom. The first-order valence-electron chi connectivity index (χ1n) is 28.0. The van der Waals surface area contributed by atoms with E-state index in [0.29, 0.717) is 5.69 Å². The molecule has 3 aliphatic carbocycles. The molecule has 0 saturated carbocycles. The van der Waals surface area contributed by atoms with Crippen LogP contribution in [0.15, 0.2) is 285 Å². The van der Waals surface area contributed by atoms with Crippen molar-refractivity contribution in [2.45, 2.75) is 5.41 Å². The van der Waals surface area contributed by atoms with Crippen LogP contribution in [-0.2, 0) is 5.41 Å². The summed E-state index contributed by atoms with van der Waals surface area (Å²) < 4.78 is 16.9. The van der Waals surface area contributed by atoms with Gasteiger partial charge in [0.15, 0.2) is 5.82 Å². The number of rotatable bonds is 8. The Kier molecular flexibility index (Phi) is 10.1. The molecule has 1 spiro atoms. The van der Waals surface area contributed by atoms with E-state index in [1.165, 1.54) is 77.5 Å². The van der Waals surface area contributed by atoms with Gasteiger partial charge >= 0.3 is 0 Å². The monoisotopic (exact) mass is 1050 g/mol. The highest BCUT2D eigenvalue weighted by molar-refractivity contribution is 6.27. The predicted octanol–water partition coefficient (Wildman–Crippen LogP) is 20.3. The number of hydrogen-bond donors (Lipinski definition) is 0. The summed E-state index contributed by atoms with van der Waals surface area (Å²) in [6.45, 7) is 0. The quantitative estimate of drug-likeness (QED) is 0.152. The second-order valence-corrected chi connectivity index (χ2v) is 21.6. The third kappa shape index (κ3) is 6.53. The lowest BCUT2D eigenvalue weighted by atomic mass is 9.70. The number of fused-ring (bicyclic) bond motifs is 15. The number of benzene rings is 13. The lowest BCUT2D eigenvalue weighted by molar-refractivity contribution is 0.629. The highest BCUT2D eigenvalue weighted by Gasteiger charge is 2.52. The molecule has 0 bridgehead atoms. The van der Waals surface area contributed by atoms with Crippen molar-refractivity contribution in [1.82, 2.24) is 9.97 Å². The van der Waals surface area contributed by atoms with Gasteiger partial charge in [-0.25, -0.2) is 9.37 Å². The van der Waals surface area contributed by atoms with Crippen molar-refractivity contribution in [2.24, 2.45) is 0 Å². The normalized spacial score (nSPS) is 12.8. The van der Waals surface area contributed by atoms with Crippen molar-refractivity contribution >= 4 is 66.8 Å². The van der Waals surface area contributed by atoms with E-state index in [0.717, 1.165) is 72.6 Å². The first-order valence-corrected chi connectivity index (χ1v) is 28.0. The van der Waals surface area contributed by atoms with Gasteiger partial charge in [0.1, 0.15) is 5.82 Å². The van der Waals surface area contributed by atoms with Crippen molar-refractivity contribution in [3.05, 3.63) is 313 Å². The van der Waals surface area contributed by atoms with Crippen LogP contribution in [0.3, 0.4) is 0 Å². The maximum Gasteiger partial charge on any atom is 0.156 e. The molecule has 3 aliphatic rings. The Balaban J connectivity index is 0.847. The summed E-state index contributed by atoms with van der Waals surface area (Å²) in [5, 5.41) is 4.77. The van der Waals surface area contributed by atoms with Crippen molar-refractivity contribution in [3.8, 4) is 66.8 Å². The van der Waals surface area contributed by atoms with Crippen molar-refractivity contribution in [1.29, 1.82) is 0 Å². The molecule has 1 heterocycles. The maximum absolute atomic E-state index is 16.9. The zero-order valence-electron chi connectivity index (χ0n) is 44.3. The summed E-state index contributed by atoms with van der Waals surface area (Å²) in [7, 11) is 0. The zero-order chi connectivity index (χ0) is 54.0. The van der Waals surface area contributed by atoms with E-state index in [-0.39, 0.29) is 5.82 Å². The highest BCUT2D eigenvalue weighted by atomic mass is 19.1. The number of hydrogen-bond acceptors (Lipinski definition) is 4. The molecular weight excluding hydrogens is 1000 g/mol. The van der Waals surface area contributed by atoms with Crippen LogP contribution >= 0.6 is 0 Å². The number of nitrogens with zero attached hydrogens (tertiary/aromatic N) is 4. The molecule has 0 saturated heterocycles. The zero-order valence-corrected chi connectivity index (χ0v) is 44.3. The third-order valence-electron chi connectivity index (χ3n) is 17.5. The van der Waals surface area contributed by atoms with Crippen molar-refractivity contribution in [3.63, 3.8) is 0 Å². The minimum Gasteiger partial charge on any atom is -0.307 e. The van der Waals surface area contributed by atoms with E-state index < -0.39 is 5.41 Å². The molecule has 17 rings (SSSR count). The first kappa shape index (κ1) is 46.2. The molecule has 0 amide bonds. The fourth-order valence-corrected chi connectivity index (χ4v) is 14.3. The van der Waals surface area contributed by atoms with Gasteiger partial charge in [-0.05, 0) is 172 Å². The summed E-state index contributed by atoms with van der Waals surface area (Å²) in [5.74, 6) is 0.446. The molecule has 1 aromatic heterocycles. The SMILES string of the molecule is Fc1ccccc1N(c1ccc(-c2c3c(c(-c4ccc(N(c5ccccc5)c5cnc6ccccc6n5)cc4)c4ccccc24)-c2cccc4cccc-3c24)cc1)c1cccc2c1-c1ccccc1C21c2ccccc2-c2ccccc21. The molecular formula is C77H47FN4. The van der Waals surface area contributed by atoms with E-state index in [4.69, 9.17) is 9.97 Å². The average molecular weight is 1050 g/mol. The van der Waals surface area contributed by atoms with E-state index in [1.54, 1.807) is 12.1 Å². The summed E-state index contributed by atoms with van der Waals surface area (Å²) in [4.78, 5) is 14.3. The minimum absolute atomic E-state index is 0.296. The smallest absolute Gasteiger partial charge is 0.156 e. The van der Waals surface area contributed by atoms with Gasteiger partial charge in [0.2, 0.25) is 0 Å². The van der Waals surface area contributed by atoms with Gasteiger partial charge in [-0.15, -0.1) is 0 Å². The van der Waals surface area contributed by atoms with Gasteiger partial charge in [-0.2, -0.15) is 0 Å². The van der Waals surface area contributed by atoms with Crippen LogP contribution in [0, 0.1) is 5.82 Å². The van der Waals surface area contributed by atoms with Gasteiger partial charge in [-0.1, -0.05) is 212 Å². The molecule has 82 heavy (non-hydrogen) atoms. The molecule has 5 heteroatoms. The molecule has 0 unspecified atom stereocenters. The van der Waals surface area contributed by atoms with E-state index in [2.05, 4.69) is 234 Å². The Bertz CT molecular complexity index is 4900. The second-order valence-electron chi connectivity index (χ2n) is 21.6. The van der Waals surface area contributed by atoms with Gasteiger partial charge in [0.25, 0.3) is 0 Å². The van der Waals surface area contributed by atoms with Crippen molar-refractivity contribution < 1.29 is 4.39 Å². The predicted molar refractivity (Wildman–Crippen MR) is 335 cm³/mol. The van der Waals surface area contributed by atoms with Gasteiger partial charge in [-0.3, -0.25) is 9.88 Å². The third-order valence-corrected chi connectivity index (χ3v) is 17.5. The Hall–Kier alpha value is -10.8. The van der Waals surface area contributed by atoms with Crippen LogP contribution in [-0.4, -0.2) is 9.97 Å². The Morgan fingerprint density at radius 2 is 0.780 bits per heavy atom. The lowest BCUT2D eigenvalue weighted by Crippen LogP contribution is -2.26. The fourth-order valence-electron chi connectivity index (χ4n) is 14.3. The van der Waals surface area contributed by atoms with Crippen LogP contribution in [0.4, 0.5) is 38.6 Å². The number of halogens is 1. The summed E-state index contributed by atoms with van der Waals surface area (Å²) in [6.07, 6.45) is 1.86. The topological polar surface area (TPSA) is 32.3 Å². The average Bonchev–Trinajstić information content (AvgIpc) is 1.69. The van der Waals surface area contributed by atoms with Crippen LogP contribution in [0.1, 0.15) is 22.3 Å². The minimum atomic E-state index is -0.550. The van der Waals surface area contributed by atoms with E-state index in [1.807, 2.05) is 48.7 Å². The van der Waals surface area contributed by atoms with Gasteiger partial charge in [0.05, 0.1) is 34.0 Å². The molecule has 13 aromatic carbocycles. The van der Waals surface area contributed by atoms with E-state index in [9.17, 15) is 0 Å². The van der Waals surface area contributed by atoms with Crippen LogP contribution in [0.2, 0.25) is 0 Å². The number of para-hydroxylation sites is 4. The van der Waals surface area contributed by atoms with Crippen LogP contribution in [0.25, 0.3) is 99.3 Å². The standard InChI is InChI=1S/C77H47FN4/c78-65-34-12-15-37-68(65)82(69-38-18-33-64-74(69)58-27-8-11-32-63(58)77(64)61-30-9-6-23-54(61)55-24-7-10-31-62(55)77)53-45-41-50(42-46-53)73-57-26-5-4-25-56(57)72(75-59-28-16-19-48-20-17-29-60(71(48)59)76(73)75)49-39-43-52(44-40-49)81(51-21-2-1-3-22-51)70-47-79-66-35-13-14-36-67(66)80-70/h1-47H. The molecule has 0 aliphatic heterocycles. The molecule has 14 aromatic rings. The number of aromatic nitrogens is 2. The maximum atomic E-state index is 16.9. The second kappa shape index (κ2) is 17.9. The Labute approximate surface area is 474 Å². The van der Waals surface area contributed by atoms with Gasteiger partial charge in [0, 0.05) is 22.6 Å². The molecule has 0 radical (unpaired) electrons. The van der Waals surface area contributed by atoms with Crippen molar-refractivity contribution in [2.75, 3.05) is 9.80 Å². The van der Waals surface area contributed by atoms with Crippen LogP contribution < -0.4 is 9.80 Å². The molecule has 4 nitrogen and oxygen atoms in total. The summed E-state index contributed by atoms with van der Waals surface area (Å²) in [6, 6.07) is 98.9. The van der Waals surface area contributed by atoms with E-state index >= 15 is 4.39 Å². The summed E-state index contributed by atoms with van der Waals surface area (Å²) in [5.41, 5.74) is 24.5. The molecule has 0 N–H and O–H groups in total. The molecule has 0 atom stereocenters. The number of anilines is 6. The Morgan fingerprint density at radius 3 is 1.41 bits per heavy atom. The molecule has 382 valence electrons. The fraction of sp³-hybridized carbons (Fsp3) is 0.0130. The first-order chi connectivity index (χ1) is 40.6. The van der Waals surface area contributed by atoms with Gasteiger partial charge < -0.3 is 4.90 Å². The highest BCUT2D eigenvalue weighted by Crippen LogP contribution is 2.65.